The van der Waals surface area contributed by atoms with Gasteiger partial charge in [0.05, 0.1) is 22.8 Å². The molecule has 2 heterocycles. The molecule has 3 aromatic rings. The van der Waals surface area contributed by atoms with Crippen LogP contribution in [0.4, 0.5) is 0 Å². The van der Waals surface area contributed by atoms with Crippen molar-refractivity contribution in [3.63, 3.8) is 0 Å². The number of H-pyrrole nitrogens is 1. The summed E-state index contributed by atoms with van der Waals surface area (Å²) in [6.07, 6.45) is 0. The molecule has 1 amide bonds. The van der Waals surface area contributed by atoms with E-state index in [1.807, 2.05) is 48.7 Å². The van der Waals surface area contributed by atoms with Crippen LogP contribution in [-0.2, 0) is 11.3 Å². The predicted octanol–water partition coefficient (Wildman–Crippen LogP) is 3.42. The van der Waals surface area contributed by atoms with Crippen LogP contribution in [0.5, 0.6) is 0 Å². The molecule has 3 rings (SSSR count). The van der Waals surface area contributed by atoms with E-state index in [0.29, 0.717) is 6.54 Å². The molecular formula is C15H15N3OS2. The number of imidazole rings is 1. The second-order valence-electron chi connectivity index (χ2n) is 4.62. The largest absolute Gasteiger partial charge is 0.350 e. The lowest BCUT2D eigenvalue weighted by Gasteiger charge is -2.09. The van der Waals surface area contributed by atoms with Crippen LogP contribution in [0, 0.1) is 0 Å². The standard InChI is InChI=1S/C15H15N3OS2/c1-10(14(19)16-9-11-5-4-8-20-11)21-15-17-12-6-2-3-7-13(12)18-15/h2-8,10H,9H2,1H3,(H,16,19)(H,17,18). The van der Waals surface area contributed by atoms with Crippen LogP contribution in [-0.4, -0.2) is 21.1 Å². The highest BCUT2D eigenvalue weighted by Crippen LogP contribution is 2.23. The van der Waals surface area contributed by atoms with Crippen LogP contribution in [0.2, 0.25) is 0 Å². The molecule has 0 aliphatic carbocycles. The number of nitrogens with zero attached hydrogens (tertiary/aromatic N) is 1. The van der Waals surface area contributed by atoms with Gasteiger partial charge >= 0.3 is 0 Å². The van der Waals surface area contributed by atoms with Gasteiger partial charge in [-0.2, -0.15) is 0 Å². The third-order valence-corrected chi connectivity index (χ3v) is 4.90. The average molecular weight is 317 g/mol. The van der Waals surface area contributed by atoms with E-state index in [4.69, 9.17) is 0 Å². The predicted molar refractivity (Wildman–Crippen MR) is 87.6 cm³/mol. The first-order valence-corrected chi connectivity index (χ1v) is 8.40. The van der Waals surface area contributed by atoms with E-state index in [1.54, 1.807) is 11.3 Å². The number of amides is 1. The quantitative estimate of drug-likeness (QED) is 0.709. The van der Waals surface area contributed by atoms with E-state index in [9.17, 15) is 4.79 Å². The van der Waals surface area contributed by atoms with Crippen molar-refractivity contribution >= 4 is 40.0 Å². The average Bonchev–Trinajstić information content (AvgIpc) is 3.13. The summed E-state index contributed by atoms with van der Waals surface area (Å²) >= 11 is 3.08. The highest BCUT2D eigenvalue weighted by Gasteiger charge is 2.16. The monoisotopic (exact) mass is 317 g/mol. The molecular weight excluding hydrogens is 302 g/mol. The zero-order valence-electron chi connectivity index (χ0n) is 11.5. The van der Waals surface area contributed by atoms with Crippen molar-refractivity contribution in [3.05, 3.63) is 46.7 Å². The molecule has 0 saturated carbocycles. The fourth-order valence-electron chi connectivity index (χ4n) is 1.94. The highest BCUT2D eigenvalue weighted by atomic mass is 32.2. The minimum atomic E-state index is -0.189. The Labute approximate surface area is 131 Å². The minimum Gasteiger partial charge on any atom is -0.350 e. The molecule has 21 heavy (non-hydrogen) atoms. The van der Waals surface area contributed by atoms with Gasteiger partial charge in [-0.1, -0.05) is 30.0 Å². The summed E-state index contributed by atoms with van der Waals surface area (Å²) < 4.78 is 0. The van der Waals surface area contributed by atoms with Crippen molar-refractivity contribution in [1.29, 1.82) is 0 Å². The molecule has 0 spiro atoms. The number of fused-ring (bicyclic) bond motifs is 1. The number of thiophene rings is 1. The number of benzene rings is 1. The van der Waals surface area contributed by atoms with Crippen LogP contribution >= 0.6 is 23.1 Å². The van der Waals surface area contributed by atoms with Gasteiger partial charge in [-0.15, -0.1) is 11.3 Å². The SMILES string of the molecule is CC(Sc1nc2ccccc2[nH]1)C(=O)NCc1cccs1. The second kappa shape index (κ2) is 6.32. The summed E-state index contributed by atoms with van der Waals surface area (Å²) in [5.74, 6) is 0.0221. The van der Waals surface area contributed by atoms with Gasteiger partial charge in [0, 0.05) is 4.88 Å². The van der Waals surface area contributed by atoms with Gasteiger partial charge in [-0.25, -0.2) is 4.98 Å². The van der Waals surface area contributed by atoms with Crippen molar-refractivity contribution in [2.45, 2.75) is 23.9 Å². The Morgan fingerprint density at radius 3 is 3.00 bits per heavy atom. The van der Waals surface area contributed by atoms with E-state index < -0.39 is 0 Å². The lowest BCUT2D eigenvalue weighted by molar-refractivity contribution is -0.120. The highest BCUT2D eigenvalue weighted by molar-refractivity contribution is 8.00. The van der Waals surface area contributed by atoms with Crippen LogP contribution in [0.25, 0.3) is 11.0 Å². The molecule has 4 nitrogen and oxygen atoms in total. The number of aromatic nitrogens is 2. The Balaban J connectivity index is 1.59. The van der Waals surface area contributed by atoms with Crippen LogP contribution < -0.4 is 5.32 Å². The number of carbonyl (C=O) groups is 1. The summed E-state index contributed by atoms with van der Waals surface area (Å²) in [4.78, 5) is 20.9. The summed E-state index contributed by atoms with van der Waals surface area (Å²) in [5.41, 5.74) is 1.91. The van der Waals surface area contributed by atoms with Crippen LogP contribution in [0.3, 0.4) is 0 Å². The van der Waals surface area contributed by atoms with Crippen molar-refractivity contribution in [2.75, 3.05) is 0 Å². The maximum atomic E-state index is 12.1. The topological polar surface area (TPSA) is 57.8 Å². The van der Waals surface area contributed by atoms with Gasteiger partial charge in [-0.3, -0.25) is 4.79 Å². The molecule has 0 bridgehead atoms. The van der Waals surface area contributed by atoms with Crippen molar-refractivity contribution in [3.8, 4) is 0 Å². The minimum absolute atomic E-state index is 0.0221. The number of thioether (sulfide) groups is 1. The van der Waals surface area contributed by atoms with Crippen molar-refractivity contribution in [1.82, 2.24) is 15.3 Å². The summed E-state index contributed by atoms with van der Waals surface area (Å²) in [5, 5.41) is 5.54. The number of aromatic amines is 1. The van der Waals surface area contributed by atoms with Gasteiger partial charge in [0.1, 0.15) is 0 Å². The van der Waals surface area contributed by atoms with Gasteiger partial charge in [0.25, 0.3) is 0 Å². The number of rotatable bonds is 5. The number of para-hydroxylation sites is 2. The summed E-state index contributed by atoms with van der Waals surface area (Å²) in [6.45, 7) is 2.48. The number of hydrogen-bond acceptors (Lipinski definition) is 4. The Kier molecular flexibility index (Phi) is 4.26. The maximum Gasteiger partial charge on any atom is 0.233 e. The first kappa shape index (κ1) is 14.2. The Morgan fingerprint density at radius 1 is 1.38 bits per heavy atom. The molecule has 1 atom stereocenters. The lowest BCUT2D eigenvalue weighted by Crippen LogP contribution is -2.30. The smallest absolute Gasteiger partial charge is 0.233 e. The summed E-state index contributed by atoms with van der Waals surface area (Å²) in [7, 11) is 0. The Bertz CT molecular complexity index is 703. The zero-order valence-corrected chi connectivity index (χ0v) is 13.1. The normalized spacial score (nSPS) is 12.4. The Morgan fingerprint density at radius 2 is 2.24 bits per heavy atom. The third-order valence-electron chi connectivity index (χ3n) is 3.04. The Hall–Kier alpha value is -1.79. The van der Waals surface area contributed by atoms with Gasteiger partial charge in [0.2, 0.25) is 5.91 Å². The lowest BCUT2D eigenvalue weighted by atomic mass is 10.3. The van der Waals surface area contributed by atoms with E-state index in [0.717, 1.165) is 21.1 Å². The maximum absolute atomic E-state index is 12.1. The number of carbonyl (C=O) groups excluding carboxylic acids is 1. The van der Waals surface area contributed by atoms with Gasteiger partial charge in [0.15, 0.2) is 5.16 Å². The third kappa shape index (κ3) is 3.46. The van der Waals surface area contributed by atoms with Crippen LogP contribution in [0.15, 0.2) is 46.9 Å². The van der Waals surface area contributed by atoms with E-state index in [-0.39, 0.29) is 11.2 Å². The molecule has 108 valence electrons. The first-order valence-electron chi connectivity index (χ1n) is 6.64. The molecule has 2 N–H and O–H groups in total. The molecule has 1 unspecified atom stereocenters. The molecule has 6 heteroatoms. The second-order valence-corrected chi connectivity index (χ2v) is 6.98. The van der Waals surface area contributed by atoms with Gasteiger partial charge in [-0.05, 0) is 30.5 Å². The molecule has 0 radical (unpaired) electrons. The molecule has 0 saturated heterocycles. The van der Waals surface area contributed by atoms with E-state index in [2.05, 4.69) is 15.3 Å². The number of nitrogens with one attached hydrogen (secondary N) is 2. The van der Waals surface area contributed by atoms with E-state index in [1.165, 1.54) is 11.8 Å². The summed E-state index contributed by atoms with van der Waals surface area (Å²) in [6, 6.07) is 11.9. The first-order chi connectivity index (χ1) is 10.2. The fourth-order valence-corrected chi connectivity index (χ4v) is 3.43. The van der Waals surface area contributed by atoms with E-state index >= 15 is 0 Å². The van der Waals surface area contributed by atoms with Crippen LogP contribution in [0.1, 0.15) is 11.8 Å². The molecule has 0 aliphatic heterocycles. The molecule has 2 aromatic heterocycles. The molecule has 1 aromatic carbocycles. The molecule has 0 fully saturated rings. The van der Waals surface area contributed by atoms with Gasteiger partial charge < -0.3 is 10.3 Å². The fraction of sp³-hybridized carbons (Fsp3) is 0.200. The zero-order chi connectivity index (χ0) is 14.7. The van der Waals surface area contributed by atoms with Crippen molar-refractivity contribution in [2.24, 2.45) is 0 Å². The number of hydrogen-bond donors (Lipinski definition) is 2. The molecule has 0 aliphatic rings. The van der Waals surface area contributed by atoms with Crippen molar-refractivity contribution < 1.29 is 4.79 Å².